The van der Waals surface area contributed by atoms with Gasteiger partial charge >= 0.3 is 0 Å². The number of hydrogen-bond acceptors (Lipinski definition) is 3. The molecule has 1 aliphatic rings. The number of hydrogen-bond donors (Lipinski definition) is 2. The molecular weight excluding hydrogens is 264 g/mol. The van der Waals surface area contributed by atoms with E-state index in [4.69, 9.17) is 10.5 Å². The van der Waals surface area contributed by atoms with Gasteiger partial charge in [-0.1, -0.05) is 25.0 Å². The van der Waals surface area contributed by atoms with Crippen molar-refractivity contribution in [1.82, 2.24) is 5.32 Å². The summed E-state index contributed by atoms with van der Waals surface area (Å²) in [5.74, 6) is 0.787. The van der Waals surface area contributed by atoms with Crippen molar-refractivity contribution in [3.8, 4) is 5.75 Å². The van der Waals surface area contributed by atoms with Crippen LogP contribution in [0.25, 0.3) is 0 Å². The van der Waals surface area contributed by atoms with E-state index in [1.807, 2.05) is 45.0 Å². The molecule has 0 heterocycles. The molecule has 4 nitrogen and oxygen atoms in total. The first-order valence-electron chi connectivity index (χ1n) is 7.77. The molecule has 1 aromatic rings. The summed E-state index contributed by atoms with van der Waals surface area (Å²) in [6, 6.07) is 7.77. The van der Waals surface area contributed by atoms with Gasteiger partial charge in [0.1, 0.15) is 5.75 Å². The van der Waals surface area contributed by atoms with Gasteiger partial charge in [-0.05, 0) is 51.3 Å². The van der Waals surface area contributed by atoms with Crippen molar-refractivity contribution in [3.63, 3.8) is 0 Å². The van der Waals surface area contributed by atoms with E-state index < -0.39 is 5.54 Å². The molecule has 21 heavy (non-hydrogen) atoms. The molecule has 3 N–H and O–H groups in total. The second-order valence-corrected chi connectivity index (χ2v) is 6.30. The molecule has 0 spiro atoms. The van der Waals surface area contributed by atoms with Crippen LogP contribution in [0.2, 0.25) is 0 Å². The number of ether oxygens (including phenoxy) is 1. The van der Waals surface area contributed by atoms with Crippen molar-refractivity contribution in [2.24, 2.45) is 5.73 Å². The van der Waals surface area contributed by atoms with Crippen LogP contribution >= 0.6 is 0 Å². The van der Waals surface area contributed by atoms with Crippen LogP contribution in [0.3, 0.4) is 0 Å². The fourth-order valence-corrected chi connectivity index (χ4v) is 2.79. The summed E-state index contributed by atoms with van der Waals surface area (Å²) in [5, 5.41) is 3.04. The van der Waals surface area contributed by atoms with Crippen LogP contribution in [0.5, 0.6) is 5.75 Å². The molecule has 116 valence electrons. The molecule has 2 rings (SSSR count). The summed E-state index contributed by atoms with van der Waals surface area (Å²) in [6.45, 7) is 5.97. The SMILES string of the molecule is CC(C)Oc1cccc(C(C)NC(=O)C2(N)CCCC2)c1. The molecule has 1 unspecified atom stereocenters. The van der Waals surface area contributed by atoms with Crippen LogP contribution < -0.4 is 15.8 Å². The predicted octanol–water partition coefficient (Wildman–Crippen LogP) is 2.92. The van der Waals surface area contributed by atoms with E-state index in [0.29, 0.717) is 0 Å². The fraction of sp³-hybridized carbons (Fsp3) is 0.588. The molecule has 1 amide bonds. The van der Waals surface area contributed by atoms with Crippen LogP contribution in [0.4, 0.5) is 0 Å². The van der Waals surface area contributed by atoms with Crippen molar-refractivity contribution in [1.29, 1.82) is 0 Å². The quantitative estimate of drug-likeness (QED) is 0.876. The maximum absolute atomic E-state index is 12.3. The Labute approximate surface area is 127 Å². The number of nitrogens with one attached hydrogen (secondary N) is 1. The number of rotatable bonds is 5. The number of amides is 1. The molecule has 1 fully saturated rings. The van der Waals surface area contributed by atoms with Gasteiger partial charge in [0.25, 0.3) is 0 Å². The molecule has 1 atom stereocenters. The van der Waals surface area contributed by atoms with E-state index >= 15 is 0 Å². The third-order valence-electron chi connectivity index (χ3n) is 4.03. The molecule has 0 saturated heterocycles. The van der Waals surface area contributed by atoms with Crippen LogP contribution in [0.15, 0.2) is 24.3 Å². The third kappa shape index (κ3) is 3.97. The second kappa shape index (κ2) is 6.48. The van der Waals surface area contributed by atoms with E-state index in [1.165, 1.54) is 0 Å². The van der Waals surface area contributed by atoms with Crippen molar-refractivity contribution in [2.45, 2.75) is 64.1 Å². The monoisotopic (exact) mass is 290 g/mol. The smallest absolute Gasteiger partial charge is 0.240 e. The molecule has 4 heteroatoms. The molecule has 1 aliphatic carbocycles. The summed E-state index contributed by atoms with van der Waals surface area (Å²) in [7, 11) is 0. The molecule has 0 radical (unpaired) electrons. The van der Waals surface area contributed by atoms with Gasteiger partial charge < -0.3 is 15.8 Å². The summed E-state index contributed by atoms with van der Waals surface area (Å²) in [5.41, 5.74) is 6.54. The zero-order valence-electron chi connectivity index (χ0n) is 13.2. The Hall–Kier alpha value is -1.55. The Kier molecular flexibility index (Phi) is 4.88. The fourth-order valence-electron chi connectivity index (χ4n) is 2.79. The molecule has 0 aromatic heterocycles. The van der Waals surface area contributed by atoms with E-state index in [0.717, 1.165) is 37.0 Å². The molecular formula is C17H26N2O2. The Balaban J connectivity index is 2.02. The van der Waals surface area contributed by atoms with Gasteiger partial charge in [-0.25, -0.2) is 0 Å². The summed E-state index contributed by atoms with van der Waals surface area (Å²) >= 11 is 0. The lowest BCUT2D eigenvalue weighted by molar-refractivity contribution is -0.126. The predicted molar refractivity (Wildman–Crippen MR) is 84.2 cm³/mol. The van der Waals surface area contributed by atoms with Crippen LogP contribution in [0.1, 0.15) is 58.1 Å². The van der Waals surface area contributed by atoms with Crippen molar-refractivity contribution in [3.05, 3.63) is 29.8 Å². The maximum atomic E-state index is 12.3. The first-order valence-corrected chi connectivity index (χ1v) is 7.77. The lowest BCUT2D eigenvalue weighted by Gasteiger charge is -2.25. The number of nitrogens with two attached hydrogens (primary N) is 1. The Morgan fingerprint density at radius 1 is 1.29 bits per heavy atom. The minimum absolute atomic E-state index is 0.0392. The Bertz CT molecular complexity index is 493. The highest BCUT2D eigenvalue weighted by atomic mass is 16.5. The molecule has 1 saturated carbocycles. The van der Waals surface area contributed by atoms with E-state index in [1.54, 1.807) is 0 Å². The average molecular weight is 290 g/mol. The molecule has 0 bridgehead atoms. The first-order chi connectivity index (χ1) is 9.90. The minimum Gasteiger partial charge on any atom is -0.491 e. The highest BCUT2D eigenvalue weighted by molar-refractivity contribution is 5.86. The number of benzene rings is 1. The minimum atomic E-state index is -0.680. The van der Waals surface area contributed by atoms with E-state index in [9.17, 15) is 4.79 Å². The highest BCUT2D eigenvalue weighted by Gasteiger charge is 2.37. The molecule has 1 aromatic carbocycles. The third-order valence-corrected chi connectivity index (χ3v) is 4.03. The Morgan fingerprint density at radius 2 is 1.95 bits per heavy atom. The van der Waals surface area contributed by atoms with Gasteiger partial charge in [0.05, 0.1) is 17.7 Å². The second-order valence-electron chi connectivity index (χ2n) is 6.30. The van der Waals surface area contributed by atoms with E-state index in [-0.39, 0.29) is 18.1 Å². The van der Waals surface area contributed by atoms with Crippen molar-refractivity contribution < 1.29 is 9.53 Å². The van der Waals surface area contributed by atoms with Crippen LogP contribution in [-0.4, -0.2) is 17.6 Å². The van der Waals surface area contributed by atoms with Crippen LogP contribution in [0, 0.1) is 0 Å². The lowest BCUT2D eigenvalue weighted by atomic mass is 9.97. The van der Waals surface area contributed by atoms with Gasteiger partial charge in [-0.15, -0.1) is 0 Å². The lowest BCUT2D eigenvalue weighted by Crippen LogP contribution is -2.52. The number of carbonyl (C=O) groups is 1. The molecule has 0 aliphatic heterocycles. The number of carbonyl (C=O) groups excluding carboxylic acids is 1. The van der Waals surface area contributed by atoms with Gasteiger partial charge in [-0.2, -0.15) is 0 Å². The zero-order chi connectivity index (χ0) is 15.5. The largest absolute Gasteiger partial charge is 0.491 e. The van der Waals surface area contributed by atoms with Gasteiger partial charge in [0.15, 0.2) is 0 Å². The van der Waals surface area contributed by atoms with Gasteiger partial charge in [-0.3, -0.25) is 4.79 Å². The maximum Gasteiger partial charge on any atom is 0.240 e. The van der Waals surface area contributed by atoms with Crippen molar-refractivity contribution >= 4 is 5.91 Å². The van der Waals surface area contributed by atoms with Crippen molar-refractivity contribution in [2.75, 3.05) is 0 Å². The first kappa shape index (κ1) is 15.8. The van der Waals surface area contributed by atoms with Gasteiger partial charge in [0, 0.05) is 0 Å². The van der Waals surface area contributed by atoms with E-state index in [2.05, 4.69) is 5.32 Å². The Morgan fingerprint density at radius 3 is 2.57 bits per heavy atom. The average Bonchev–Trinajstić information content (AvgIpc) is 2.86. The summed E-state index contributed by atoms with van der Waals surface area (Å²) in [4.78, 5) is 12.3. The zero-order valence-corrected chi connectivity index (χ0v) is 13.2. The standard InChI is InChI=1S/C17H26N2O2/c1-12(2)21-15-8-6-7-14(11-15)13(3)19-16(20)17(18)9-4-5-10-17/h6-8,11-13H,4-5,9-10,18H2,1-3H3,(H,19,20). The normalized spacial score (nSPS) is 18.5. The van der Waals surface area contributed by atoms with Gasteiger partial charge in [0.2, 0.25) is 5.91 Å². The van der Waals surface area contributed by atoms with Crippen LogP contribution in [-0.2, 0) is 4.79 Å². The highest BCUT2D eigenvalue weighted by Crippen LogP contribution is 2.28. The topological polar surface area (TPSA) is 64.3 Å². The summed E-state index contributed by atoms with van der Waals surface area (Å²) < 4.78 is 5.69. The summed E-state index contributed by atoms with van der Waals surface area (Å²) in [6.07, 6.45) is 3.77.